The van der Waals surface area contributed by atoms with Crippen LogP contribution in [0, 0.1) is 6.92 Å². The van der Waals surface area contributed by atoms with Crippen molar-refractivity contribution in [3.05, 3.63) is 23.8 Å². The molecule has 6 heteroatoms. The van der Waals surface area contributed by atoms with Gasteiger partial charge in [0.05, 0.1) is 17.5 Å². The SMILES string of the molecule is Cc1cc(N)cc(S(=O)(=O)N(C)C2CCOC2)c1. The number of hydrogen-bond acceptors (Lipinski definition) is 4. The molecule has 0 amide bonds. The van der Waals surface area contributed by atoms with Crippen molar-refractivity contribution in [2.45, 2.75) is 24.3 Å². The molecular formula is C12H18N2O3S. The Morgan fingerprint density at radius 1 is 1.39 bits per heavy atom. The van der Waals surface area contributed by atoms with E-state index in [0.717, 1.165) is 12.0 Å². The maximum atomic E-state index is 12.4. The van der Waals surface area contributed by atoms with Gasteiger partial charge in [-0.1, -0.05) is 0 Å². The summed E-state index contributed by atoms with van der Waals surface area (Å²) in [7, 11) is -1.90. The van der Waals surface area contributed by atoms with Gasteiger partial charge in [0, 0.05) is 19.3 Å². The largest absolute Gasteiger partial charge is 0.399 e. The molecule has 1 heterocycles. The van der Waals surface area contributed by atoms with Crippen molar-refractivity contribution in [3.8, 4) is 0 Å². The first-order valence-corrected chi connectivity index (χ1v) is 7.28. The molecule has 18 heavy (non-hydrogen) atoms. The molecule has 1 saturated heterocycles. The first-order valence-electron chi connectivity index (χ1n) is 5.84. The predicted octanol–water partition coefficient (Wildman–Crippen LogP) is 0.987. The topological polar surface area (TPSA) is 72.6 Å². The summed E-state index contributed by atoms with van der Waals surface area (Å²) in [6.45, 7) is 2.89. The molecule has 1 atom stereocenters. The van der Waals surface area contributed by atoms with Crippen LogP contribution in [0.25, 0.3) is 0 Å². The number of aryl methyl sites for hydroxylation is 1. The van der Waals surface area contributed by atoms with Crippen LogP contribution in [-0.2, 0) is 14.8 Å². The van der Waals surface area contributed by atoms with Gasteiger partial charge >= 0.3 is 0 Å². The molecule has 1 unspecified atom stereocenters. The molecule has 1 aromatic rings. The average molecular weight is 270 g/mol. The summed E-state index contributed by atoms with van der Waals surface area (Å²) in [5, 5.41) is 0. The van der Waals surface area contributed by atoms with Crippen molar-refractivity contribution in [3.63, 3.8) is 0 Å². The second kappa shape index (κ2) is 4.87. The summed E-state index contributed by atoms with van der Waals surface area (Å²) < 4.78 is 31.5. The molecule has 100 valence electrons. The van der Waals surface area contributed by atoms with Gasteiger partial charge in [0.2, 0.25) is 10.0 Å². The number of nitrogen functional groups attached to an aromatic ring is 1. The molecule has 0 radical (unpaired) electrons. The maximum absolute atomic E-state index is 12.4. The highest BCUT2D eigenvalue weighted by molar-refractivity contribution is 7.89. The van der Waals surface area contributed by atoms with Crippen LogP contribution < -0.4 is 5.73 Å². The van der Waals surface area contributed by atoms with E-state index in [1.807, 2.05) is 6.92 Å². The van der Waals surface area contributed by atoms with Crippen LogP contribution in [0.2, 0.25) is 0 Å². The van der Waals surface area contributed by atoms with E-state index in [0.29, 0.717) is 18.9 Å². The van der Waals surface area contributed by atoms with Crippen molar-refractivity contribution in [2.75, 3.05) is 26.0 Å². The number of benzene rings is 1. The average Bonchev–Trinajstić information content (AvgIpc) is 2.79. The lowest BCUT2D eigenvalue weighted by Crippen LogP contribution is -2.37. The molecule has 0 spiro atoms. The third-order valence-electron chi connectivity index (χ3n) is 3.17. The van der Waals surface area contributed by atoms with E-state index in [2.05, 4.69) is 0 Å². The third-order valence-corrected chi connectivity index (χ3v) is 5.06. The van der Waals surface area contributed by atoms with Gasteiger partial charge in [-0.15, -0.1) is 0 Å². The van der Waals surface area contributed by atoms with Crippen LogP contribution in [0.1, 0.15) is 12.0 Å². The number of ether oxygens (including phenoxy) is 1. The van der Waals surface area contributed by atoms with Crippen LogP contribution in [0.15, 0.2) is 23.1 Å². The number of nitrogens with two attached hydrogens (primary N) is 1. The normalized spacial score (nSPS) is 20.5. The van der Waals surface area contributed by atoms with Crippen molar-refractivity contribution < 1.29 is 13.2 Å². The first-order chi connectivity index (χ1) is 8.41. The smallest absolute Gasteiger partial charge is 0.243 e. The number of anilines is 1. The number of rotatable bonds is 3. The summed E-state index contributed by atoms with van der Waals surface area (Å²) in [6.07, 6.45) is 0.733. The summed E-state index contributed by atoms with van der Waals surface area (Å²) in [6, 6.07) is 4.79. The van der Waals surface area contributed by atoms with Crippen molar-refractivity contribution >= 4 is 15.7 Å². The Bertz CT molecular complexity index is 516. The number of hydrogen-bond donors (Lipinski definition) is 1. The second-order valence-electron chi connectivity index (χ2n) is 4.62. The van der Waals surface area contributed by atoms with Crippen molar-refractivity contribution in [2.24, 2.45) is 0 Å². The zero-order chi connectivity index (χ0) is 13.3. The van der Waals surface area contributed by atoms with Gasteiger partial charge in [-0.3, -0.25) is 0 Å². The molecule has 2 rings (SSSR count). The van der Waals surface area contributed by atoms with Crippen LogP contribution in [0.4, 0.5) is 5.69 Å². The van der Waals surface area contributed by atoms with Crippen LogP contribution >= 0.6 is 0 Å². The molecule has 0 bridgehead atoms. The molecule has 2 N–H and O–H groups in total. The Hall–Kier alpha value is -1.11. The lowest BCUT2D eigenvalue weighted by atomic mass is 10.2. The minimum Gasteiger partial charge on any atom is -0.399 e. The molecule has 1 aromatic carbocycles. The molecule has 5 nitrogen and oxygen atoms in total. The quantitative estimate of drug-likeness (QED) is 0.831. The zero-order valence-corrected chi connectivity index (χ0v) is 11.4. The Labute approximate surface area is 108 Å². The monoisotopic (exact) mass is 270 g/mol. The molecule has 0 saturated carbocycles. The lowest BCUT2D eigenvalue weighted by molar-refractivity contribution is 0.181. The lowest BCUT2D eigenvalue weighted by Gasteiger charge is -2.22. The Kier molecular flexibility index (Phi) is 3.61. The van der Waals surface area contributed by atoms with Gasteiger partial charge in [-0.25, -0.2) is 8.42 Å². The van der Waals surface area contributed by atoms with Gasteiger partial charge in [0.1, 0.15) is 0 Å². The molecule has 1 aliphatic rings. The first kappa shape index (κ1) is 13.3. The fourth-order valence-electron chi connectivity index (χ4n) is 2.10. The van der Waals surface area contributed by atoms with E-state index < -0.39 is 10.0 Å². The highest BCUT2D eigenvalue weighted by Gasteiger charge is 2.30. The molecule has 0 aliphatic carbocycles. The van der Waals surface area contributed by atoms with Crippen LogP contribution in [0.3, 0.4) is 0 Å². The van der Waals surface area contributed by atoms with Gasteiger partial charge in [0.15, 0.2) is 0 Å². The van der Waals surface area contributed by atoms with Gasteiger partial charge in [0.25, 0.3) is 0 Å². The van der Waals surface area contributed by atoms with E-state index >= 15 is 0 Å². The highest BCUT2D eigenvalue weighted by Crippen LogP contribution is 2.23. The summed E-state index contributed by atoms with van der Waals surface area (Å²) in [5.41, 5.74) is 7.00. The van der Waals surface area contributed by atoms with Crippen molar-refractivity contribution in [1.29, 1.82) is 0 Å². The third kappa shape index (κ3) is 2.50. The molecule has 1 fully saturated rings. The molecule has 1 aliphatic heterocycles. The Balaban J connectivity index is 2.34. The predicted molar refractivity (Wildman–Crippen MR) is 69.8 cm³/mol. The number of likely N-dealkylation sites (N-methyl/N-ethyl adjacent to an activating group) is 1. The minimum absolute atomic E-state index is 0.0864. The van der Waals surface area contributed by atoms with E-state index in [9.17, 15) is 8.42 Å². The van der Waals surface area contributed by atoms with Gasteiger partial charge < -0.3 is 10.5 Å². The maximum Gasteiger partial charge on any atom is 0.243 e. The second-order valence-corrected chi connectivity index (χ2v) is 6.62. The number of nitrogens with zero attached hydrogens (tertiary/aromatic N) is 1. The highest BCUT2D eigenvalue weighted by atomic mass is 32.2. The van der Waals surface area contributed by atoms with E-state index in [1.54, 1.807) is 19.2 Å². The molecule has 0 aromatic heterocycles. The van der Waals surface area contributed by atoms with Crippen LogP contribution in [0.5, 0.6) is 0 Å². The standard InChI is InChI=1S/C12H18N2O3S/c1-9-5-10(13)7-12(6-9)18(15,16)14(2)11-3-4-17-8-11/h5-7,11H,3-4,8,13H2,1-2H3. The number of sulfonamides is 1. The van der Waals surface area contributed by atoms with Crippen LogP contribution in [-0.4, -0.2) is 39.0 Å². The Morgan fingerprint density at radius 3 is 2.67 bits per heavy atom. The van der Waals surface area contributed by atoms with E-state index in [1.165, 1.54) is 10.4 Å². The summed E-state index contributed by atoms with van der Waals surface area (Å²) in [5.74, 6) is 0. The summed E-state index contributed by atoms with van der Waals surface area (Å²) >= 11 is 0. The summed E-state index contributed by atoms with van der Waals surface area (Å²) in [4.78, 5) is 0.245. The fraction of sp³-hybridized carbons (Fsp3) is 0.500. The van der Waals surface area contributed by atoms with Gasteiger partial charge in [-0.2, -0.15) is 4.31 Å². The van der Waals surface area contributed by atoms with Crippen molar-refractivity contribution in [1.82, 2.24) is 4.31 Å². The van der Waals surface area contributed by atoms with E-state index in [-0.39, 0.29) is 10.9 Å². The fourth-order valence-corrected chi connectivity index (χ4v) is 3.61. The minimum atomic E-state index is -3.49. The molecular weight excluding hydrogens is 252 g/mol. The Morgan fingerprint density at radius 2 is 2.11 bits per heavy atom. The van der Waals surface area contributed by atoms with E-state index in [4.69, 9.17) is 10.5 Å². The van der Waals surface area contributed by atoms with Gasteiger partial charge in [-0.05, 0) is 37.1 Å². The zero-order valence-electron chi connectivity index (χ0n) is 10.6.